The number of hydrogen-bond acceptors (Lipinski definition) is 3. The first-order chi connectivity index (χ1) is 9.12. The molecule has 2 rings (SSSR count). The molecule has 2 fully saturated rings. The number of likely N-dealkylation sites (N-methyl/N-ethyl adjacent to an activating group) is 1. The molecule has 1 saturated heterocycles. The summed E-state index contributed by atoms with van der Waals surface area (Å²) in [5, 5.41) is 0. The first-order valence-electron chi connectivity index (χ1n) is 7.74. The molecule has 1 aliphatic heterocycles. The molecule has 1 saturated carbocycles. The third-order valence-electron chi connectivity index (χ3n) is 4.76. The maximum Gasteiger partial charge on any atom is 0.242 e. The molecule has 0 bridgehead atoms. The zero-order valence-corrected chi connectivity index (χ0v) is 12.2. The molecule has 0 spiro atoms. The monoisotopic (exact) mass is 268 g/mol. The maximum atomic E-state index is 12.4. The van der Waals surface area contributed by atoms with Crippen molar-refractivity contribution in [3.63, 3.8) is 0 Å². The molecule has 19 heavy (non-hydrogen) atoms. The van der Waals surface area contributed by atoms with Crippen molar-refractivity contribution in [2.24, 2.45) is 11.7 Å². The predicted octanol–water partition coefficient (Wildman–Crippen LogP) is 1.92. The van der Waals surface area contributed by atoms with Crippen LogP contribution in [-0.4, -0.2) is 43.2 Å². The second-order valence-electron chi connectivity index (χ2n) is 6.29. The van der Waals surface area contributed by atoms with Crippen LogP contribution in [0, 0.1) is 5.92 Å². The number of nitrogens with zero attached hydrogens (tertiary/aromatic N) is 1. The van der Waals surface area contributed by atoms with E-state index >= 15 is 0 Å². The van der Waals surface area contributed by atoms with Gasteiger partial charge in [0.25, 0.3) is 0 Å². The molecule has 0 aromatic rings. The van der Waals surface area contributed by atoms with E-state index in [1.54, 1.807) is 0 Å². The van der Waals surface area contributed by atoms with E-state index in [4.69, 9.17) is 10.5 Å². The van der Waals surface area contributed by atoms with Crippen molar-refractivity contribution in [2.75, 3.05) is 26.8 Å². The smallest absolute Gasteiger partial charge is 0.242 e. The number of carbonyl (C=O) groups excluding carboxylic acids is 1. The topological polar surface area (TPSA) is 55.6 Å². The van der Waals surface area contributed by atoms with Crippen molar-refractivity contribution < 1.29 is 9.53 Å². The van der Waals surface area contributed by atoms with Gasteiger partial charge in [0, 0.05) is 26.8 Å². The van der Waals surface area contributed by atoms with E-state index in [-0.39, 0.29) is 5.91 Å². The van der Waals surface area contributed by atoms with Crippen molar-refractivity contribution >= 4 is 5.91 Å². The Morgan fingerprint density at radius 3 is 2.53 bits per heavy atom. The summed E-state index contributed by atoms with van der Waals surface area (Å²) in [4.78, 5) is 14.3. The Hall–Kier alpha value is -0.610. The SMILES string of the molecule is CN(CCC1CCCCC1)C(=O)C1(N)CCOCC1. The van der Waals surface area contributed by atoms with Gasteiger partial charge in [0.2, 0.25) is 5.91 Å². The van der Waals surface area contributed by atoms with E-state index in [0.29, 0.717) is 26.1 Å². The molecule has 1 aliphatic carbocycles. The summed E-state index contributed by atoms with van der Waals surface area (Å²) >= 11 is 0. The highest BCUT2D eigenvalue weighted by Crippen LogP contribution is 2.27. The molecule has 0 aromatic carbocycles. The lowest BCUT2D eigenvalue weighted by Crippen LogP contribution is -2.57. The molecule has 2 aliphatic rings. The molecular weight excluding hydrogens is 240 g/mol. The van der Waals surface area contributed by atoms with Gasteiger partial charge in [-0.1, -0.05) is 32.1 Å². The van der Waals surface area contributed by atoms with Crippen molar-refractivity contribution in [3.8, 4) is 0 Å². The van der Waals surface area contributed by atoms with Crippen molar-refractivity contribution in [1.82, 2.24) is 4.90 Å². The molecule has 1 heterocycles. The van der Waals surface area contributed by atoms with Gasteiger partial charge in [-0.3, -0.25) is 4.79 Å². The lowest BCUT2D eigenvalue weighted by atomic mass is 9.86. The Bertz CT molecular complexity index is 295. The molecular formula is C15H28N2O2. The number of amides is 1. The minimum atomic E-state index is -0.681. The van der Waals surface area contributed by atoms with Gasteiger partial charge in [-0.05, 0) is 25.2 Å². The van der Waals surface area contributed by atoms with Gasteiger partial charge in [0.1, 0.15) is 0 Å². The zero-order valence-electron chi connectivity index (χ0n) is 12.2. The highest BCUT2D eigenvalue weighted by Gasteiger charge is 2.37. The second-order valence-corrected chi connectivity index (χ2v) is 6.29. The summed E-state index contributed by atoms with van der Waals surface area (Å²) in [6.07, 6.45) is 9.22. The number of carbonyl (C=O) groups is 1. The van der Waals surface area contributed by atoms with Gasteiger partial charge in [-0.15, -0.1) is 0 Å². The van der Waals surface area contributed by atoms with Crippen LogP contribution >= 0.6 is 0 Å². The lowest BCUT2D eigenvalue weighted by molar-refractivity contribution is -0.139. The average Bonchev–Trinajstić information content (AvgIpc) is 2.46. The Kier molecular flexibility index (Phi) is 5.22. The fourth-order valence-electron chi connectivity index (χ4n) is 3.28. The van der Waals surface area contributed by atoms with Crippen LogP contribution in [0.15, 0.2) is 0 Å². The van der Waals surface area contributed by atoms with Crippen LogP contribution in [-0.2, 0) is 9.53 Å². The van der Waals surface area contributed by atoms with Crippen LogP contribution in [0.5, 0.6) is 0 Å². The normalized spacial score (nSPS) is 24.1. The molecule has 4 nitrogen and oxygen atoms in total. The van der Waals surface area contributed by atoms with Crippen molar-refractivity contribution in [2.45, 2.75) is 56.9 Å². The standard InChI is InChI=1S/C15H28N2O2/c1-17(10-7-13-5-3-2-4-6-13)14(18)15(16)8-11-19-12-9-15/h13H,2-12,16H2,1H3. The van der Waals surface area contributed by atoms with Crippen LogP contribution in [0.1, 0.15) is 51.4 Å². The van der Waals surface area contributed by atoms with Crippen LogP contribution < -0.4 is 5.73 Å². The first kappa shape index (κ1) is 14.8. The number of hydrogen-bond donors (Lipinski definition) is 1. The van der Waals surface area contributed by atoms with Gasteiger partial charge in [-0.2, -0.15) is 0 Å². The molecule has 1 amide bonds. The van der Waals surface area contributed by atoms with Crippen LogP contribution in [0.4, 0.5) is 0 Å². The molecule has 0 atom stereocenters. The van der Waals surface area contributed by atoms with E-state index in [2.05, 4.69) is 0 Å². The van der Waals surface area contributed by atoms with E-state index in [1.165, 1.54) is 32.1 Å². The minimum Gasteiger partial charge on any atom is -0.381 e. The van der Waals surface area contributed by atoms with Crippen LogP contribution in [0.2, 0.25) is 0 Å². The quantitative estimate of drug-likeness (QED) is 0.847. The zero-order chi connectivity index (χ0) is 13.7. The summed E-state index contributed by atoms with van der Waals surface area (Å²) in [6.45, 7) is 2.07. The third kappa shape index (κ3) is 3.93. The summed E-state index contributed by atoms with van der Waals surface area (Å²) in [6, 6.07) is 0. The van der Waals surface area contributed by atoms with Gasteiger partial charge in [0.05, 0.1) is 5.54 Å². The van der Waals surface area contributed by atoms with E-state index in [9.17, 15) is 4.79 Å². The van der Waals surface area contributed by atoms with Gasteiger partial charge >= 0.3 is 0 Å². The fourth-order valence-corrected chi connectivity index (χ4v) is 3.28. The number of ether oxygens (including phenoxy) is 1. The van der Waals surface area contributed by atoms with Gasteiger partial charge < -0.3 is 15.4 Å². The maximum absolute atomic E-state index is 12.4. The summed E-state index contributed by atoms with van der Waals surface area (Å²) in [5.74, 6) is 0.916. The number of rotatable bonds is 4. The second kappa shape index (κ2) is 6.71. The van der Waals surface area contributed by atoms with E-state index < -0.39 is 5.54 Å². The Morgan fingerprint density at radius 1 is 1.26 bits per heavy atom. The average molecular weight is 268 g/mol. The Labute approximate surface area is 116 Å². The minimum absolute atomic E-state index is 0.103. The highest BCUT2D eigenvalue weighted by atomic mass is 16.5. The predicted molar refractivity (Wildman–Crippen MR) is 75.8 cm³/mol. The van der Waals surface area contributed by atoms with Crippen molar-refractivity contribution in [1.29, 1.82) is 0 Å². The van der Waals surface area contributed by atoms with Gasteiger partial charge in [-0.25, -0.2) is 0 Å². The molecule has 0 radical (unpaired) electrons. The third-order valence-corrected chi connectivity index (χ3v) is 4.76. The molecule has 0 unspecified atom stereocenters. The lowest BCUT2D eigenvalue weighted by Gasteiger charge is -2.35. The van der Waals surface area contributed by atoms with Crippen LogP contribution in [0.25, 0.3) is 0 Å². The highest BCUT2D eigenvalue weighted by molar-refractivity contribution is 5.86. The van der Waals surface area contributed by atoms with E-state index in [0.717, 1.165) is 18.9 Å². The molecule has 0 aromatic heterocycles. The number of nitrogens with two attached hydrogens (primary N) is 1. The van der Waals surface area contributed by atoms with E-state index in [1.807, 2.05) is 11.9 Å². The largest absolute Gasteiger partial charge is 0.381 e. The van der Waals surface area contributed by atoms with Gasteiger partial charge in [0.15, 0.2) is 0 Å². The first-order valence-corrected chi connectivity index (χ1v) is 7.74. The van der Waals surface area contributed by atoms with Crippen LogP contribution in [0.3, 0.4) is 0 Å². The molecule has 2 N–H and O–H groups in total. The molecule has 4 heteroatoms. The Balaban J connectivity index is 1.78. The molecule has 110 valence electrons. The summed E-state index contributed by atoms with van der Waals surface area (Å²) < 4.78 is 5.30. The van der Waals surface area contributed by atoms with Crippen molar-refractivity contribution in [3.05, 3.63) is 0 Å². The fraction of sp³-hybridized carbons (Fsp3) is 0.933. The summed E-state index contributed by atoms with van der Waals surface area (Å²) in [7, 11) is 1.90. The summed E-state index contributed by atoms with van der Waals surface area (Å²) in [5.41, 5.74) is 5.56. The Morgan fingerprint density at radius 2 is 1.89 bits per heavy atom.